The third kappa shape index (κ3) is 4.62. The summed E-state index contributed by atoms with van der Waals surface area (Å²) < 4.78 is 0. The van der Waals surface area contributed by atoms with E-state index in [1.165, 1.54) is 30.4 Å². The highest BCUT2D eigenvalue weighted by atomic mass is 35.5. The summed E-state index contributed by atoms with van der Waals surface area (Å²) in [4.78, 5) is 0. The second-order valence-electron chi connectivity index (χ2n) is 5.24. The first-order chi connectivity index (χ1) is 8.58. The zero-order chi connectivity index (χ0) is 13.5. The van der Waals surface area contributed by atoms with Gasteiger partial charge in [0, 0.05) is 11.1 Å². The monoisotopic (exact) mass is 267 g/mol. The molecule has 0 aromatic heterocycles. The standard InChI is InChI=1S/C16H26ClN/c1-5-7-12(3)10-16(18-6-2)15-9-8-14(17)11-13(15)4/h8-9,11-12,16,18H,5-7,10H2,1-4H3. The van der Waals surface area contributed by atoms with Crippen LogP contribution in [0, 0.1) is 12.8 Å². The van der Waals surface area contributed by atoms with Gasteiger partial charge in [0.2, 0.25) is 0 Å². The Hall–Kier alpha value is -0.530. The van der Waals surface area contributed by atoms with Crippen molar-refractivity contribution in [2.24, 2.45) is 5.92 Å². The Morgan fingerprint density at radius 2 is 2.00 bits per heavy atom. The van der Waals surface area contributed by atoms with Gasteiger partial charge in [-0.2, -0.15) is 0 Å². The van der Waals surface area contributed by atoms with E-state index in [1.807, 2.05) is 6.07 Å². The Kier molecular flexibility index (Phi) is 6.73. The van der Waals surface area contributed by atoms with Crippen molar-refractivity contribution in [2.45, 2.75) is 53.0 Å². The molecule has 0 spiro atoms. The molecule has 2 heteroatoms. The molecule has 0 aliphatic rings. The molecule has 1 N–H and O–H groups in total. The van der Waals surface area contributed by atoms with Gasteiger partial charge in [-0.15, -0.1) is 0 Å². The van der Waals surface area contributed by atoms with Crippen molar-refractivity contribution in [1.82, 2.24) is 5.32 Å². The number of hydrogen-bond acceptors (Lipinski definition) is 1. The van der Waals surface area contributed by atoms with Crippen molar-refractivity contribution in [3.05, 3.63) is 34.3 Å². The Morgan fingerprint density at radius 3 is 2.56 bits per heavy atom. The maximum Gasteiger partial charge on any atom is 0.0408 e. The Labute approximate surface area is 117 Å². The second kappa shape index (κ2) is 7.81. The van der Waals surface area contributed by atoms with Crippen molar-refractivity contribution in [3.63, 3.8) is 0 Å². The van der Waals surface area contributed by atoms with Gasteiger partial charge < -0.3 is 5.32 Å². The van der Waals surface area contributed by atoms with Crippen LogP contribution in [0.25, 0.3) is 0 Å². The van der Waals surface area contributed by atoms with Crippen LogP contribution in [0.2, 0.25) is 5.02 Å². The average Bonchev–Trinajstić information content (AvgIpc) is 2.29. The van der Waals surface area contributed by atoms with Gasteiger partial charge in [-0.25, -0.2) is 0 Å². The molecule has 0 heterocycles. The molecule has 0 aliphatic heterocycles. The maximum absolute atomic E-state index is 6.03. The first-order valence-electron chi connectivity index (χ1n) is 7.07. The number of rotatable bonds is 7. The fourth-order valence-electron chi connectivity index (χ4n) is 2.61. The summed E-state index contributed by atoms with van der Waals surface area (Å²) in [5.41, 5.74) is 2.68. The molecule has 0 saturated carbocycles. The topological polar surface area (TPSA) is 12.0 Å². The first kappa shape index (κ1) is 15.5. The normalized spacial score (nSPS) is 14.5. The molecular weight excluding hydrogens is 242 g/mol. The maximum atomic E-state index is 6.03. The Bertz CT molecular complexity index is 362. The summed E-state index contributed by atoms with van der Waals surface area (Å²) in [5.74, 6) is 0.758. The SMILES string of the molecule is CCCC(C)CC(NCC)c1ccc(Cl)cc1C. The third-order valence-corrected chi connectivity index (χ3v) is 3.71. The fourth-order valence-corrected chi connectivity index (χ4v) is 2.84. The second-order valence-corrected chi connectivity index (χ2v) is 5.68. The van der Waals surface area contributed by atoms with Gasteiger partial charge in [-0.1, -0.05) is 51.3 Å². The molecule has 0 saturated heterocycles. The summed E-state index contributed by atoms with van der Waals surface area (Å²) in [6.45, 7) is 9.93. The number of halogens is 1. The van der Waals surface area contributed by atoms with Gasteiger partial charge in [0.25, 0.3) is 0 Å². The first-order valence-corrected chi connectivity index (χ1v) is 7.45. The molecule has 18 heavy (non-hydrogen) atoms. The van der Waals surface area contributed by atoms with Gasteiger partial charge in [0.1, 0.15) is 0 Å². The number of hydrogen-bond donors (Lipinski definition) is 1. The highest BCUT2D eigenvalue weighted by molar-refractivity contribution is 6.30. The summed E-state index contributed by atoms with van der Waals surface area (Å²) in [7, 11) is 0. The molecule has 0 amide bonds. The van der Waals surface area contributed by atoms with Crippen LogP contribution in [-0.4, -0.2) is 6.54 Å². The van der Waals surface area contributed by atoms with Crippen LogP contribution in [0.4, 0.5) is 0 Å². The highest BCUT2D eigenvalue weighted by Crippen LogP contribution is 2.27. The van der Waals surface area contributed by atoms with E-state index in [0.717, 1.165) is 17.5 Å². The van der Waals surface area contributed by atoms with Crippen molar-refractivity contribution in [1.29, 1.82) is 0 Å². The van der Waals surface area contributed by atoms with E-state index in [9.17, 15) is 0 Å². The molecule has 1 nitrogen and oxygen atoms in total. The van der Waals surface area contributed by atoms with E-state index in [4.69, 9.17) is 11.6 Å². The minimum atomic E-state index is 0.453. The molecule has 0 aliphatic carbocycles. The van der Waals surface area contributed by atoms with Gasteiger partial charge in [0.05, 0.1) is 0 Å². The summed E-state index contributed by atoms with van der Waals surface area (Å²) in [5, 5.41) is 4.43. The van der Waals surface area contributed by atoms with Crippen molar-refractivity contribution < 1.29 is 0 Å². The molecular formula is C16H26ClN. The van der Waals surface area contributed by atoms with E-state index >= 15 is 0 Å². The van der Waals surface area contributed by atoms with Gasteiger partial charge in [0.15, 0.2) is 0 Å². The summed E-state index contributed by atoms with van der Waals surface area (Å²) >= 11 is 6.03. The van der Waals surface area contributed by atoms with Crippen LogP contribution in [0.5, 0.6) is 0 Å². The van der Waals surface area contributed by atoms with E-state index < -0.39 is 0 Å². The van der Waals surface area contributed by atoms with Gasteiger partial charge in [-0.3, -0.25) is 0 Å². The van der Waals surface area contributed by atoms with Crippen LogP contribution in [0.3, 0.4) is 0 Å². The molecule has 0 bridgehead atoms. The van der Waals surface area contributed by atoms with E-state index in [0.29, 0.717) is 6.04 Å². The van der Waals surface area contributed by atoms with Crippen molar-refractivity contribution in [3.8, 4) is 0 Å². The third-order valence-electron chi connectivity index (χ3n) is 3.48. The van der Waals surface area contributed by atoms with Crippen LogP contribution < -0.4 is 5.32 Å². The molecule has 2 unspecified atom stereocenters. The molecule has 1 aromatic carbocycles. The lowest BCUT2D eigenvalue weighted by Crippen LogP contribution is -2.23. The summed E-state index contributed by atoms with van der Waals surface area (Å²) in [6.07, 6.45) is 3.76. The molecule has 0 fully saturated rings. The lowest BCUT2D eigenvalue weighted by atomic mass is 9.91. The van der Waals surface area contributed by atoms with Crippen LogP contribution in [0.1, 0.15) is 57.2 Å². The number of aryl methyl sites for hydroxylation is 1. The molecule has 102 valence electrons. The quantitative estimate of drug-likeness (QED) is 0.723. The van der Waals surface area contributed by atoms with Crippen molar-refractivity contribution in [2.75, 3.05) is 6.54 Å². The van der Waals surface area contributed by atoms with Crippen molar-refractivity contribution >= 4 is 11.6 Å². The zero-order valence-corrected chi connectivity index (χ0v) is 12.8. The summed E-state index contributed by atoms with van der Waals surface area (Å²) in [6, 6.07) is 6.68. The number of benzene rings is 1. The van der Waals surface area contributed by atoms with E-state index in [1.54, 1.807) is 0 Å². The Morgan fingerprint density at radius 1 is 1.28 bits per heavy atom. The van der Waals surface area contributed by atoms with Gasteiger partial charge >= 0.3 is 0 Å². The van der Waals surface area contributed by atoms with E-state index in [2.05, 4.69) is 45.1 Å². The number of nitrogens with one attached hydrogen (secondary N) is 1. The van der Waals surface area contributed by atoms with Crippen LogP contribution >= 0.6 is 11.6 Å². The van der Waals surface area contributed by atoms with Gasteiger partial charge in [-0.05, 0) is 49.1 Å². The zero-order valence-electron chi connectivity index (χ0n) is 12.1. The minimum Gasteiger partial charge on any atom is -0.310 e. The average molecular weight is 268 g/mol. The Balaban J connectivity index is 2.82. The molecule has 1 rings (SSSR count). The molecule has 1 aromatic rings. The van der Waals surface area contributed by atoms with E-state index in [-0.39, 0.29) is 0 Å². The predicted molar refractivity (Wildman–Crippen MR) is 81.3 cm³/mol. The molecule has 0 radical (unpaired) electrons. The lowest BCUT2D eigenvalue weighted by molar-refractivity contribution is 0.394. The predicted octanol–water partition coefficient (Wildman–Crippen LogP) is 5.13. The largest absolute Gasteiger partial charge is 0.310 e. The van der Waals surface area contributed by atoms with Crippen LogP contribution in [0.15, 0.2) is 18.2 Å². The smallest absolute Gasteiger partial charge is 0.0408 e. The van der Waals surface area contributed by atoms with Crippen LogP contribution in [-0.2, 0) is 0 Å². The highest BCUT2D eigenvalue weighted by Gasteiger charge is 2.16. The fraction of sp³-hybridized carbons (Fsp3) is 0.625. The minimum absolute atomic E-state index is 0.453. The molecule has 2 atom stereocenters. The lowest BCUT2D eigenvalue weighted by Gasteiger charge is -2.23.